The highest BCUT2D eigenvalue weighted by Crippen LogP contribution is 2.43. The molecule has 6 N–H and O–H groups in total. The number of phosphoric acid groups is 1. The van der Waals surface area contributed by atoms with E-state index in [1.54, 1.807) is 0 Å². The predicted octanol–water partition coefficient (Wildman–Crippen LogP) is -2.45. The molecule has 1 aliphatic rings. The topological polar surface area (TPSA) is 177 Å². The summed E-state index contributed by atoms with van der Waals surface area (Å²) in [5.41, 5.74) is 4.50. The maximum atomic E-state index is 11.7. The van der Waals surface area contributed by atoms with Gasteiger partial charge >= 0.3 is 13.5 Å². The number of aliphatic hydroxyl groups is 2. The molecule has 1 aliphatic heterocycles. The van der Waals surface area contributed by atoms with Crippen LogP contribution in [0.1, 0.15) is 6.23 Å². The van der Waals surface area contributed by atoms with E-state index < -0.39 is 44.7 Å². The molecule has 1 saturated heterocycles. The van der Waals surface area contributed by atoms with Crippen LogP contribution in [0.5, 0.6) is 0 Å². The van der Waals surface area contributed by atoms with Crippen LogP contribution in [0.25, 0.3) is 0 Å². The number of hydrogen-bond donors (Lipinski definition) is 5. The van der Waals surface area contributed by atoms with Crippen LogP contribution in [0, 0.1) is 0 Å². The number of nitrogens with zero attached hydrogens (tertiary/aromatic N) is 2. The number of nitrogens with two attached hydrogens (primary N) is 1. The molecule has 2 rings (SSSR count). The largest absolute Gasteiger partial charge is 0.470 e. The summed E-state index contributed by atoms with van der Waals surface area (Å²) in [7, 11) is -4.91. The second-order valence-corrected chi connectivity index (χ2v) is 5.53. The molecule has 1 aromatic rings. The Bertz CT molecular complexity index is 615. The highest BCUT2D eigenvalue weighted by molar-refractivity contribution is 7.46. The molecule has 21 heavy (non-hydrogen) atoms. The number of phosphoric ester groups is 1. The first kappa shape index (κ1) is 16.0. The normalized spacial score (nSPS) is 29.7. The van der Waals surface area contributed by atoms with Crippen LogP contribution in [-0.2, 0) is 13.8 Å². The second-order valence-electron chi connectivity index (χ2n) is 4.34. The van der Waals surface area contributed by atoms with Crippen molar-refractivity contribution in [2.24, 2.45) is 0 Å². The molecule has 1 fully saturated rings. The van der Waals surface area contributed by atoms with Crippen LogP contribution in [0.15, 0.2) is 17.1 Å². The summed E-state index contributed by atoms with van der Waals surface area (Å²) in [5.74, 6) is -0.0366. The van der Waals surface area contributed by atoms with Crippen LogP contribution in [0.3, 0.4) is 0 Å². The van der Waals surface area contributed by atoms with Gasteiger partial charge in [-0.15, -0.1) is 0 Å². The summed E-state index contributed by atoms with van der Waals surface area (Å²) in [6.07, 6.45) is -4.45. The number of hydrogen-bond acceptors (Lipinski definition) is 8. The van der Waals surface area contributed by atoms with E-state index in [9.17, 15) is 14.5 Å². The van der Waals surface area contributed by atoms with E-state index in [1.165, 1.54) is 12.3 Å². The lowest BCUT2D eigenvalue weighted by Gasteiger charge is -2.20. The molecule has 1 aromatic heterocycles. The van der Waals surface area contributed by atoms with E-state index in [0.29, 0.717) is 0 Å². The molecular weight excluding hydrogens is 309 g/mol. The smallest absolute Gasteiger partial charge is 0.394 e. The third kappa shape index (κ3) is 3.47. The molecule has 0 aromatic carbocycles. The van der Waals surface area contributed by atoms with Gasteiger partial charge in [0, 0.05) is 6.20 Å². The molecule has 0 saturated carbocycles. The molecule has 0 spiro atoms. The van der Waals surface area contributed by atoms with Gasteiger partial charge in [0.15, 0.2) is 6.23 Å². The van der Waals surface area contributed by atoms with Crippen LogP contribution in [-0.4, -0.2) is 54.5 Å². The van der Waals surface area contributed by atoms with Crippen molar-refractivity contribution in [1.82, 2.24) is 9.55 Å². The minimum absolute atomic E-state index is 0.0366. The van der Waals surface area contributed by atoms with Gasteiger partial charge in [0.2, 0.25) is 0 Å². The molecule has 0 amide bonds. The number of rotatable bonds is 4. The Morgan fingerprint density at radius 1 is 1.52 bits per heavy atom. The molecule has 4 atom stereocenters. The zero-order valence-corrected chi connectivity index (χ0v) is 11.4. The van der Waals surface area contributed by atoms with E-state index in [2.05, 4.69) is 9.51 Å². The fraction of sp³-hybridized carbons (Fsp3) is 0.556. The van der Waals surface area contributed by atoms with Crippen LogP contribution in [0.4, 0.5) is 5.82 Å². The van der Waals surface area contributed by atoms with E-state index in [1.807, 2.05) is 0 Å². The lowest BCUT2D eigenvalue weighted by atomic mass is 10.1. The van der Waals surface area contributed by atoms with Gasteiger partial charge in [-0.05, 0) is 6.07 Å². The third-order valence-electron chi connectivity index (χ3n) is 2.87. The monoisotopic (exact) mass is 323 g/mol. The van der Waals surface area contributed by atoms with E-state index in [0.717, 1.165) is 4.57 Å². The van der Waals surface area contributed by atoms with Crippen molar-refractivity contribution >= 4 is 13.6 Å². The lowest BCUT2D eigenvalue weighted by molar-refractivity contribution is -0.0548. The third-order valence-corrected chi connectivity index (χ3v) is 3.39. The van der Waals surface area contributed by atoms with E-state index in [-0.39, 0.29) is 5.82 Å². The van der Waals surface area contributed by atoms with Gasteiger partial charge in [-0.2, -0.15) is 4.98 Å². The molecule has 0 unspecified atom stereocenters. The van der Waals surface area contributed by atoms with Crippen molar-refractivity contribution < 1.29 is 33.8 Å². The quantitative estimate of drug-likeness (QED) is 0.374. The standard InChI is InChI=1S/C9H14N3O8P/c10-5-1-2-12(9(15)11-5)8-6(14)7(4(3-13)19-8)20-21(16,17)18/h1-2,4,6-8,13-14H,3H2,(H2,10,11,15)(H2,16,17,18)/t4-,6+,7-,8-/m1/s1. The summed E-state index contributed by atoms with van der Waals surface area (Å²) in [5, 5.41) is 19.2. The first-order valence-corrected chi connectivity index (χ1v) is 7.29. The molecule has 12 heteroatoms. The average molecular weight is 323 g/mol. The zero-order valence-electron chi connectivity index (χ0n) is 10.5. The number of nitrogen functional groups attached to an aromatic ring is 1. The van der Waals surface area contributed by atoms with Crippen molar-refractivity contribution in [2.75, 3.05) is 12.3 Å². The number of aliphatic hydroxyl groups excluding tert-OH is 2. The van der Waals surface area contributed by atoms with Crippen LogP contribution < -0.4 is 11.4 Å². The lowest BCUT2D eigenvalue weighted by Crippen LogP contribution is -2.37. The predicted molar refractivity (Wildman–Crippen MR) is 66.8 cm³/mol. The Morgan fingerprint density at radius 2 is 2.19 bits per heavy atom. The Kier molecular flexibility index (Phi) is 4.44. The fourth-order valence-electron chi connectivity index (χ4n) is 2.00. The van der Waals surface area contributed by atoms with Crippen molar-refractivity contribution in [3.05, 3.63) is 22.7 Å². The Morgan fingerprint density at radius 3 is 2.71 bits per heavy atom. The minimum Gasteiger partial charge on any atom is -0.394 e. The highest BCUT2D eigenvalue weighted by atomic mass is 31.2. The van der Waals surface area contributed by atoms with Gasteiger partial charge in [-0.3, -0.25) is 9.09 Å². The summed E-state index contributed by atoms with van der Waals surface area (Å²) in [6, 6.07) is 1.28. The first-order chi connectivity index (χ1) is 9.73. The SMILES string of the molecule is Nc1ccn([C@@H]2O[C@H](CO)[C@@H](OP(=O)(O)O)[C@@H]2O)c(=O)n1. The van der Waals surface area contributed by atoms with Gasteiger partial charge in [-0.25, -0.2) is 9.36 Å². The number of anilines is 1. The molecule has 0 bridgehead atoms. The number of ether oxygens (including phenoxy) is 1. The molecule has 11 nitrogen and oxygen atoms in total. The van der Waals surface area contributed by atoms with Gasteiger partial charge in [0.25, 0.3) is 0 Å². The van der Waals surface area contributed by atoms with Gasteiger partial charge in [-0.1, -0.05) is 0 Å². The fourth-order valence-corrected chi connectivity index (χ4v) is 2.58. The molecule has 0 radical (unpaired) electrons. The summed E-state index contributed by atoms with van der Waals surface area (Å²) >= 11 is 0. The van der Waals surface area contributed by atoms with E-state index >= 15 is 0 Å². The summed E-state index contributed by atoms with van der Waals surface area (Å²) < 4.78 is 21.4. The van der Waals surface area contributed by atoms with Crippen molar-refractivity contribution in [3.63, 3.8) is 0 Å². The minimum atomic E-state index is -4.91. The average Bonchev–Trinajstić information content (AvgIpc) is 2.65. The Hall–Kier alpha value is -1.33. The van der Waals surface area contributed by atoms with Gasteiger partial charge < -0.3 is 30.5 Å². The van der Waals surface area contributed by atoms with E-state index in [4.69, 9.17) is 25.4 Å². The molecular formula is C9H14N3O8P. The summed E-state index contributed by atoms with van der Waals surface area (Å²) in [6.45, 7) is -0.671. The molecule has 118 valence electrons. The first-order valence-electron chi connectivity index (χ1n) is 5.76. The van der Waals surface area contributed by atoms with Crippen LogP contribution in [0.2, 0.25) is 0 Å². The molecule has 0 aliphatic carbocycles. The Balaban J connectivity index is 2.31. The number of aromatic nitrogens is 2. The Labute approximate surface area is 117 Å². The summed E-state index contributed by atoms with van der Waals surface area (Å²) in [4.78, 5) is 32.7. The maximum absolute atomic E-state index is 11.7. The second kappa shape index (κ2) is 5.81. The van der Waals surface area contributed by atoms with Crippen molar-refractivity contribution in [1.29, 1.82) is 0 Å². The van der Waals surface area contributed by atoms with Crippen LogP contribution >= 0.6 is 7.82 Å². The van der Waals surface area contributed by atoms with Crippen molar-refractivity contribution in [2.45, 2.75) is 24.5 Å². The zero-order chi connectivity index (χ0) is 15.8. The van der Waals surface area contributed by atoms with Gasteiger partial charge in [0.05, 0.1) is 6.61 Å². The maximum Gasteiger partial charge on any atom is 0.470 e. The molecule has 2 heterocycles. The van der Waals surface area contributed by atoms with Gasteiger partial charge in [0.1, 0.15) is 24.1 Å². The highest BCUT2D eigenvalue weighted by Gasteiger charge is 2.48. The van der Waals surface area contributed by atoms with Crippen molar-refractivity contribution in [3.8, 4) is 0 Å².